The molecule has 0 radical (unpaired) electrons. The number of hydrogen-bond acceptors (Lipinski definition) is 6. The van der Waals surface area contributed by atoms with Crippen molar-refractivity contribution in [2.24, 2.45) is 17.3 Å². The highest BCUT2D eigenvalue weighted by molar-refractivity contribution is 6.37. The second-order valence-electron chi connectivity index (χ2n) is 12.4. The first-order valence-corrected chi connectivity index (χ1v) is 14.7. The van der Waals surface area contributed by atoms with Crippen molar-refractivity contribution in [3.05, 3.63) is 25.3 Å². The minimum Gasteiger partial charge on any atom is -0.347 e. The van der Waals surface area contributed by atoms with Gasteiger partial charge in [-0.15, -0.1) is 13.2 Å². The van der Waals surface area contributed by atoms with Crippen LogP contribution in [-0.4, -0.2) is 96.1 Å². The lowest BCUT2D eigenvalue weighted by Gasteiger charge is -2.36. The van der Waals surface area contributed by atoms with Crippen LogP contribution < -0.4 is 21.3 Å². The summed E-state index contributed by atoms with van der Waals surface area (Å²) < 4.78 is 0. The fourth-order valence-corrected chi connectivity index (χ4v) is 5.03. The van der Waals surface area contributed by atoms with Gasteiger partial charge < -0.3 is 31.1 Å². The summed E-state index contributed by atoms with van der Waals surface area (Å²) in [5, 5.41) is 10.6. The van der Waals surface area contributed by atoms with Crippen LogP contribution >= 0.6 is 0 Å². The van der Waals surface area contributed by atoms with E-state index in [4.69, 9.17) is 0 Å². The Morgan fingerprint density at radius 1 is 1.05 bits per heavy atom. The van der Waals surface area contributed by atoms with Crippen LogP contribution in [0, 0.1) is 17.3 Å². The van der Waals surface area contributed by atoms with Gasteiger partial charge in [-0.3, -0.25) is 24.0 Å². The lowest BCUT2D eigenvalue weighted by atomic mass is 9.85. The van der Waals surface area contributed by atoms with Crippen molar-refractivity contribution >= 4 is 35.4 Å². The molecule has 0 aromatic carbocycles. The van der Waals surface area contributed by atoms with E-state index in [1.54, 1.807) is 11.0 Å². The first kappa shape index (κ1) is 34.5. The largest absolute Gasteiger partial charge is 0.347 e. The van der Waals surface area contributed by atoms with E-state index < -0.39 is 53.6 Å². The number of Topliss-reactive ketones (excluding diaryl/α,β-unsaturated/α-hetero) is 1. The highest BCUT2D eigenvalue weighted by Crippen LogP contribution is 2.29. The van der Waals surface area contributed by atoms with Crippen LogP contribution in [0.15, 0.2) is 25.3 Å². The molecule has 0 bridgehead atoms. The van der Waals surface area contributed by atoms with Crippen molar-refractivity contribution < 1.29 is 28.8 Å². The fourth-order valence-electron chi connectivity index (χ4n) is 5.03. The summed E-state index contributed by atoms with van der Waals surface area (Å²) >= 11 is 0. The van der Waals surface area contributed by atoms with E-state index in [1.165, 1.54) is 11.0 Å². The molecule has 4 N–H and O–H groups in total. The molecule has 2 rings (SSSR count). The lowest BCUT2D eigenvalue weighted by molar-refractivity contribution is -0.142. The van der Waals surface area contributed by atoms with Gasteiger partial charge in [0, 0.05) is 32.6 Å². The third-order valence-corrected chi connectivity index (χ3v) is 7.68. The molecule has 2 aliphatic heterocycles. The Labute approximate surface area is 249 Å². The summed E-state index contributed by atoms with van der Waals surface area (Å²) in [7, 11) is 0. The molecule has 2 aliphatic rings. The van der Waals surface area contributed by atoms with Gasteiger partial charge in [0.15, 0.2) is 0 Å². The Morgan fingerprint density at radius 3 is 2.31 bits per heavy atom. The molecule has 0 unspecified atom stereocenters. The highest BCUT2D eigenvalue weighted by Gasteiger charge is 2.44. The number of nitrogens with zero attached hydrogens (tertiary/aromatic N) is 2. The van der Waals surface area contributed by atoms with E-state index in [1.807, 2.05) is 34.6 Å². The number of ketones is 1. The number of piperidine rings is 1. The van der Waals surface area contributed by atoms with Gasteiger partial charge in [0.05, 0.1) is 12.6 Å². The summed E-state index contributed by atoms with van der Waals surface area (Å²) in [6.45, 7) is 17.5. The van der Waals surface area contributed by atoms with E-state index in [0.717, 1.165) is 12.8 Å². The number of hydrogen-bond donors (Lipinski definition) is 4. The molecule has 0 aliphatic carbocycles. The summed E-state index contributed by atoms with van der Waals surface area (Å²) in [6.07, 6.45) is 5.69. The number of likely N-dealkylation sites (tertiary alicyclic amines) is 2. The first-order valence-electron chi connectivity index (χ1n) is 14.7. The van der Waals surface area contributed by atoms with Gasteiger partial charge in [-0.1, -0.05) is 46.8 Å². The molecule has 0 spiro atoms. The number of rotatable bonds is 13. The Hall–Kier alpha value is -3.70. The van der Waals surface area contributed by atoms with Crippen LogP contribution in [0.3, 0.4) is 0 Å². The molecule has 2 saturated heterocycles. The lowest BCUT2D eigenvalue weighted by Crippen LogP contribution is -2.61. The van der Waals surface area contributed by atoms with Crippen LogP contribution in [0.4, 0.5) is 4.79 Å². The molecular weight excluding hydrogens is 540 g/mol. The van der Waals surface area contributed by atoms with E-state index in [2.05, 4.69) is 34.4 Å². The average molecular weight is 589 g/mol. The van der Waals surface area contributed by atoms with Gasteiger partial charge in [0.2, 0.25) is 23.5 Å². The summed E-state index contributed by atoms with van der Waals surface area (Å²) in [5.41, 5.74) is -0.711. The Balaban J connectivity index is 2.14. The molecule has 0 aromatic heterocycles. The number of carbonyl (C=O) groups is 6. The van der Waals surface area contributed by atoms with Crippen molar-refractivity contribution in [3.63, 3.8) is 0 Å². The topological polar surface area (TPSA) is 157 Å². The first-order chi connectivity index (χ1) is 19.7. The second-order valence-corrected chi connectivity index (χ2v) is 12.4. The Bertz CT molecular complexity index is 1050. The van der Waals surface area contributed by atoms with Crippen molar-refractivity contribution in [1.82, 2.24) is 31.1 Å². The van der Waals surface area contributed by atoms with Crippen molar-refractivity contribution in [2.75, 3.05) is 32.7 Å². The van der Waals surface area contributed by atoms with E-state index in [-0.39, 0.29) is 36.9 Å². The van der Waals surface area contributed by atoms with Crippen molar-refractivity contribution in [1.29, 1.82) is 0 Å². The number of urea groups is 1. The van der Waals surface area contributed by atoms with Gasteiger partial charge in [0.25, 0.3) is 5.91 Å². The molecule has 12 nitrogen and oxygen atoms in total. The number of nitrogens with one attached hydrogen (secondary N) is 4. The molecule has 2 fully saturated rings. The van der Waals surface area contributed by atoms with Crippen LogP contribution in [0.25, 0.3) is 0 Å². The van der Waals surface area contributed by atoms with E-state index >= 15 is 0 Å². The predicted octanol–water partition coefficient (Wildman–Crippen LogP) is 1.13. The van der Waals surface area contributed by atoms with Crippen LogP contribution in [0.5, 0.6) is 0 Å². The minimum atomic E-state index is -0.980. The molecule has 4 atom stereocenters. The highest BCUT2D eigenvalue weighted by atomic mass is 16.2. The quantitative estimate of drug-likeness (QED) is 0.187. The maximum Gasteiger partial charge on any atom is 0.315 e. The van der Waals surface area contributed by atoms with Crippen LogP contribution in [0.1, 0.15) is 60.3 Å². The van der Waals surface area contributed by atoms with Crippen molar-refractivity contribution in [2.45, 2.75) is 78.4 Å². The zero-order valence-electron chi connectivity index (χ0n) is 25.7. The maximum absolute atomic E-state index is 13.9. The van der Waals surface area contributed by atoms with Gasteiger partial charge in [-0.05, 0) is 36.5 Å². The molecule has 234 valence electrons. The SMILES string of the molecule is C=CCNC(=O)C(=O)CNC(=O)[C@@H]1C[C@@H](C=C)CN1C(=O)[C@@H](NC(=O)N[C@H](CN1CCCCC1=O)C(C)C)C(C)(C)C. The third-order valence-electron chi connectivity index (χ3n) is 7.68. The number of amides is 6. The Kier molecular flexibility index (Phi) is 12.7. The van der Waals surface area contributed by atoms with E-state index in [0.29, 0.717) is 25.9 Å². The molecule has 12 heteroatoms. The molecular formula is C30H48N6O6. The van der Waals surface area contributed by atoms with E-state index in [9.17, 15) is 28.8 Å². The second kappa shape index (κ2) is 15.5. The van der Waals surface area contributed by atoms with Crippen LogP contribution in [0.2, 0.25) is 0 Å². The van der Waals surface area contributed by atoms with Crippen molar-refractivity contribution in [3.8, 4) is 0 Å². The molecule has 0 saturated carbocycles. The maximum atomic E-state index is 13.9. The summed E-state index contributed by atoms with van der Waals surface area (Å²) in [5.74, 6) is -2.73. The zero-order chi connectivity index (χ0) is 31.6. The van der Waals surface area contributed by atoms with Crippen LogP contribution in [-0.2, 0) is 24.0 Å². The Morgan fingerprint density at radius 2 is 1.74 bits per heavy atom. The molecule has 6 amide bonds. The zero-order valence-corrected chi connectivity index (χ0v) is 25.7. The molecule has 42 heavy (non-hydrogen) atoms. The van der Waals surface area contributed by atoms with Gasteiger partial charge in [0.1, 0.15) is 12.1 Å². The predicted molar refractivity (Wildman–Crippen MR) is 159 cm³/mol. The van der Waals surface area contributed by atoms with Gasteiger partial charge in [-0.25, -0.2) is 4.79 Å². The summed E-state index contributed by atoms with van der Waals surface area (Å²) in [6, 6.07) is -2.75. The third kappa shape index (κ3) is 9.70. The minimum absolute atomic E-state index is 0.0378. The monoisotopic (exact) mass is 588 g/mol. The standard InChI is InChI=1S/C30H48N6O6/c1-8-13-31-27(40)23(37)16-32-26(39)22-15-20(9-2)17-36(22)28(41)25(30(5,6)7)34-29(42)33-21(19(3)4)18-35-14-11-10-12-24(35)38/h8-9,19-22,25H,1-2,10-18H2,3-7H3,(H,31,40)(H,32,39)(H2,33,34,42)/t20-,21-,22+,25-/m1/s1. The fraction of sp³-hybridized carbons (Fsp3) is 0.667. The molecule has 2 heterocycles. The summed E-state index contributed by atoms with van der Waals surface area (Å²) in [4.78, 5) is 79.8. The van der Waals surface area contributed by atoms with Gasteiger partial charge in [-0.2, -0.15) is 0 Å². The molecule has 0 aromatic rings. The number of carbonyl (C=O) groups excluding carboxylic acids is 6. The smallest absolute Gasteiger partial charge is 0.315 e. The average Bonchev–Trinajstić information content (AvgIpc) is 3.37. The normalized spacial score (nSPS) is 20.4. The van der Waals surface area contributed by atoms with Gasteiger partial charge >= 0.3 is 6.03 Å².